The van der Waals surface area contributed by atoms with Crippen LogP contribution in [0.5, 0.6) is 0 Å². The van der Waals surface area contributed by atoms with Gasteiger partial charge in [-0.1, -0.05) is 6.07 Å². The Labute approximate surface area is 142 Å². The van der Waals surface area contributed by atoms with E-state index in [1.54, 1.807) is 4.90 Å². The number of carbonyl (C=O) groups is 2. The van der Waals surface area contributed by atoms with Crippen LogP contribution in [-0.4, -0.2) is 56.0 Å². The SMILES string of the molecule is Cc1ccc(N2CC(NC(=O)NCCOCCO)CC2=O)cc1C. The molecule has 0 aromatic heterocycles. The molecule has 1 unspecified atom stereocenters. The zero-order valence-electron chi connectivity index (χ0n) is 14.2. The van der Waals surface area contributed by atoms with Crippen molar-refractivity contribution in [3.05, 3.63) is 29.3 Å². The Morgan fingerprint density at radius 2 is 2.12 bits per heavy atom. The number of anilines is 1. The fourth-order valence-electron chi connectivity index (χ4n) is 2.59. The molecule has 1 saturated heterocycles. The van der Waals surface area contributed by atoms with E-state index in [0.717, 1.165) is 11.3 Å². The number of hydrogen-bond donors (Lipinski definition) is 3. The minimum absolute atomic E-state index is 0.00910. The molecular weight excluding hydrogens is 310 g/mol. The maximum absolute atomic E-state index is 12.2. The summed E-state index contributed by atoms with van der Waals surface area (Å²) in [5.74, 6) is 0.00910. The molecule has 1 aliphatic rings. The van der Waals surface area contributed by atoms with Gasteiger partial charge in [-0.05, 0) is 37.1 Å². The monoisotopic (exact) mass is 335 g/mol. The van der Waals surface area contributed by atoms with Crippen LogP contribution in [0.4, 0.5) is 10.5 Å². The van der Waals surface area contributed by atoms with Crippen molar-refractivity contribution in [2.75, 3.05) is 37.8 Å². The third-order valence-electron chi connectivity index (χ3n) is 4.03. The average molecular weight is 335 g/mol. The van der Waals surface area contributed by atoms with Crippen LogP contribution in [0.25, 0.3) is 0 Å². The van der Waals surface area contributed by atoms with Gasteiger partial charge in [0, 0.05) is 25.2 Å². The highest BCUT2D eigenvalue weighted by atomic mass is 16.5. The largest absolute Gasteiger partial charge is 0.394 e. The smallest absolute Gasteiger partial charge is 0.315 e. The molecule has 7 heteroatoms. The first-order valence-corrected chi connectivity index (χ1v) is 8.12. The van der Waals surface area contributed by atoms with Gasteiger partial charge >= 0.3 is 6.03 Å². The van der Waals surface area contributed by atoms with E-state index in [9.17, 15) is 9.59 Å². The maximum atomic E-state index is 12.2. The third kappa shape index (κ3) is 4.94. The molecule has 1 aliphatic heterocycles. The molecule has 0 saturated carbocycles. The molecule has 1 aromatic carbocycles. The number of hydrogen-bond acceptors (Lipinski definition) is 4. The number of aliphatic hydroxyl groups is 1. The van der Waals surface area contributed by atoms with E-state index in [1.165, 1.54) is 5.56 Å². The predicted molar refractivity (Wildman–Crippen MR) is 91.1 cm³/mol. The highest BCUT2D eigenvalue weighted by Gasteiger charge is 2.31. The van der Waals surface area contributed by atoms with Crippen molar-refractivity contribution in [3.8, 4) is 0 Å². The van der Waals surface area contributed by atoms with Crippen LogP contribution >= 0.6 is 0 Å². The summed E-state index contributed by atoms with van der Waals surface area (Å²) in [6.07, 6.45) is 0.293. The standard InChI is InChI=1S/C17H25N3O4/c1-12-3-4-15(9-13(12)2)20-11-14(10-16(20)22)19-17(23)18-5-7-24-8-6-21/h3-4,9,14,21H,5-8,10-11H2,1-2H3,(H2,18,19,23). The average Bonchev–Trinajstić information content (AvgIpc) is 2.90. The fraction of sp³-hybridized carbons (Fsp3) is 0.529. The van der Waals surface area contributed by atoms with Crippen molar-refractivity contribution < 1.29 is 19.4 Å². The van der Waals surface area contributed by atoms with Crippen LogP contribution in [0, 0.1) is 13.8 Å². The number of aryl methyl sites for hydroxylation is 2. The molecule has 132 valence electrons. The van der Waals surface area contributed by atoms with Gasteiger partial charge in [0.05, 0.1) is 25.9 Å². The van der Waals surface area contributed by atoms with Crippen LogP contribution in [-0.2, 0) is 9.53 Å². The highest BCUT2D eigenvalue weighted by Crippen LogP contribution is 2.23. The van der Waals surface area contributed by atoms with E-state index in [2.05, 4.69) is 10.6 Å². The second-order valence-corrected chi connectivity index (χ2v) is 5.91. The van der Waals surface area contributed by atoms with Gasteiger partial charge in [0.2, 0.25) is 5.91 Å². The Balaban J connectivity index is 1.81. The van der Waals surface area contributed by atoms with E-state index < -0.39 is 0 Å². The normalized spacial score (nSPS) is 17.2. The molecule has 24 heavy (non-hydrogen) atoms. The van der Waals surface area contributed by atoms with Gasteiger partial charge in [-0.25, -0.2) is 4.79 Å². The molecule has 1 aromatic rings. The van der Waals surface area contributed by atoms with Gasteiger partial charge < -0.3 is 25.4 Å². The van der Waals surface area contributed by atoms with Crippen molar-refractivity contribution >= 4 is 17.6 Å². The molecule has 1 atom stereocenters. The first kappa shape index (κ1) is 18.2. The summed E-state index contributed by atoms with van der Waals surface area (Å²) in [7, 11) is 0. The highest BCUT2D eigenvalue weighted by molar-refractivity contribution is 5.96. The van der Waals surface area contributed by atoms with E-state index in [1.807, 2.05) is 32.0 Å². The number of urea groups is 1. The molecule has 1 heterocycles. The summed E-state index contributed by atoms with van der Waals surface area (Å²) in [5.41, 5.74) is 3.19. The van der Waals surface area contributed by atoms with E-state index in [4.69, 9.17) is 9.84 Å². The first-order chi connectivity index (χ1) is 11.5. The molecule has 3 amide bonds. The topological polar surface area (TPSA) is 90.9 Å². The molecule has 0 spiro atoms. The van der Waals surface area contributed by atoms with Crippen molar-refractivity contribution in [2.45, 2.75) is 26.3 Å². The van der Waals surface area contributed by atoms with Gasteiger partial charge in [-0.3, -0.25) is 4.79 Å². The minimum atomic E-state index is -0.317. The maximum Gasteiger partial charge on any atom is 0.315 e. The van der Waals surface area contributed by atoms with Crippen molar-refractivity contribution in [1.82, 2.24) is 10.6 Å². The Kier molecular flexibility index (Phi) is 6.57. The lowest BCUT2D eigenvalue weighted by atomic mass is 10.1. The van der Waals surface area contributed by atoms with Gasteiger partial charge in [-0.2, -0.15) is 0 Å². The number of nitrogens with zero attached hydrogens (tertiary/aromatic N) is 1. The van der Waals surface area contributed by atoms with Crippen molar-refractivity contribution in [3.63, 3.8) is 0 Å². The Hall–Kier alpha value is -2.12. The van der Waals surface area contributed by atoms with Gasteiger partial charge in [0.25, 0.3) is 0 Å². The van der Waals surface area contributed by atoms with Gasteiger partial charge in [0.15, 0.2) is 0 Å². The van der Waals surface area contributed by atoms with Crippen LogP contribution < -0.4 is 15.5 Å². The summed E-state index contributed by atoms with van der Waals surface area (Å²) in [6.45, 7) is 5.43. The van der Waals surface area contributed by atoms with Crippen molar-refractivity contribution in [2.24, 2.45) is 0 Å². The second-order valence-electron chi connectivity index (χ2n) is 5.91. The summed E-state index contributed by atoms with van der Waals surface area (Å²) >= 11 is 0. The first-order valence-electron chi connectivity index (χ1n) is 8.12. The van der Waals surface area contributed by atoms with E-state index in [0.29, 0.717) is 26.1 Å². The molecule has 7 nitrogen and oxygen atoms in total. The minimum Gasteiger partial charge on any atom is -0.394 e. The van der Waals surface area contributed by atoms with Crippen LogP contribution in [0.3, 0.4) is 0 Å². The third-order valence-corrected chi connectivity index (χ3v) is 4.03. The van der Waals surface area contributed by atoms with Crippen molar-refractivity contribution in [1.29, 1.82) is 0 Å². The number of nitrogens with one attached hydrogen (secondary N) is 2. The van der Waals surface area contributed by atoms with Gasteiger partial charge in [-0.15, -0.1) is 0 Å². The molecule has 3 N–H and O–H groups in total. The summed E-state index contributed by atoms with van der Waals surface area (Å²) in [4.78, 5) is 25.7. The molecule has 2 rings (SSSR count). The summed E-state index contributed by atoms with van der Waals surface area (Å²) in [6, 6.07) is 5.40. The van der Waals surface area contributed by atoms with Crippen LogP contribution in [0.15, 0.2) is 18.2 Å². The lowest BCUT2D eigenvalue weighted by Gasteiger charge is -2.18. The van der Waals surface area contributed by atoms with Crippen LogP contribution in [0.2, 0.25) is 0 Å². The molecule has 0 radical (unpaired) electrons. The molecular formula is C17H25N3O4. The molecule has 1 fully saturated rings. The zero-order valence-corrected chi connectivity index (χ0v) is 14.2. The quantitative estimate of drug-likeness (QED) is 0.640. The lowest BCUT2D eigenvalue weighted by molar-refractivity contribution is -0.117. The molecule has 0 aliphatic carbocycles. The number of carbonyl (C=O) groups excluding carboxylic acids is 2. The Morgan fingerprint density at radius 1 is 1.33 bits per heavy atom. The number of rotatable bonds is 7. The fourth-order valence-corrected chi connectivity index (χ4v) is 2.59. The lowest BCUT2D eigenvalue weighted by Crippen LogP contribution is -2.44. The summed E-state index contributed by atoms with van der Waals surface area (Å²) < 4.78 is 5.06. The Bertz CT molecular complexity index is 591. The number of aliphatic hydroxyl groups excluding tert-OH is 1. The van der Waals surface area contributed by atoms with E-state index in [-0.39, 0.29) is 31.2 Å². The number of benzene rings is 1. The predicted octanol–water partition coefficient (Wildman–Crippen LogP) is 0.717. The zero-order chi connectivity index (χ0) is 17.5. The molecule has 0 bridgehead atoms. The van der Waals surface area contributed by atoms with Gasteiger partial charge in [0.1, 0.15) is 0 Å². The number of ether oxygens (including phenoxy) is 1. The second kappa shape index (κ2) is 8.65. The Morgan fingerprint density at radius 3 is 2.83 bits per heavy atom. The van der Waals surface area contributed by atoms with Crippen LogP contribution in [0.1, 0.15) is 17.5 Å². The summed E-state index contributed by atoms with van der Waals surface area (Å²) in [5, 5.41) is 14.1. The number of amides is 3. The van der Waals surface area contributed by atoms with E-state index >= 15 is 0 Å².